The maximum atomic E-state index is 12.9. The number of fused-ring (bicyclic) bond motifs is 1. The van der Waals surface area contributed by atoms with Gasteiger partial charge in [-0.15, -0.1) is 0 Å². The van der Waals surface area contributed by atoms with Crippen molar-refractivity contribution in [3.05, 3.63) is 29.6 Å². The van der Waals surface area contributed by atoms with Gasteiger partial charge in [0.05, 0.1) is 12.6 Å². The zero-order valence-corrected chi connectivity index (χ0v) is 8.12. The zero-order chi connectivity index (χ0) is 10.8. The van der Waals surface area contributed by atoms with E-state index in [-0.39, 0.29) is 18.4 Å². The van der Waals surface area contributed by atoms with Gasteiger partial charge in [0, 0.05) is 5.69 Å². The van der Waals surface area contributed by atoms with Crippen molar-refractivity contribution in [2.24, 2.45) is 0 Å². The molecule has 4 heteroatoms. The maximum Gasteiger partial charge on any atom is 0.139 e. The molecule has 15 heavy (non-hydrogen) atoms. The van der Waals surface area contributed by atoms with Crippen molar-refractivity contribution in [1.29, 1.82) is 0 Å². The van der Waals surface area contributed by atoms with Crippen LogP contribution in [0.3, 0.4) is 0 Å². The number of hydrogen-bond acceptors (Lipinski definition) is 2. The largest absolute Gasteiger partial charge is 0.358 e. The Morgan fingerprint density at radius 3 is 3.00 bits per heavy atom. The number of carbonyl (C=O) groups is 1. The highest BCUT2D eigenvalue weighted by atomic mass is 19.1. The van der Waals surface area contributed by atoms with Gasteiger partial charge in [0.1, 0.15) is 18.8 Å². The molecule has 1 atom stereocenters. The fourth-order valence-electron chi connectivity index (χ4n) is 2.02. The van der Waals surface area contributed by atoms with Crippen LogP contribution in [0.2, 0.25) is 0 Å². The number of anilines is 1. The van der Waals surface area contributed by atoms with Gasteiger partial charge in [0.2, 0.25) is 0 Å². The third-order valence-electron chi connectivity index (χ3n) is 2.70. The Labute approximate surface area is 86.5 Å². The second kappa shape index (κ2) is 3.96. The van der Waals surface area contributed by atoms with E-state index in [0.29, 0.717) is 6.42 Å². The first-order valence-electron chi connectivity index (χ1n) is 4.81. The fourth-order valence-corrected chi connectivity index (χ4v) is 2.02. The van der Waals surface area contributed by atoms with Gasteiger partial charge >= 0.3 is 0 Å². The first-order valence-corrected chi connectivity index (χ1v) is 4.81. The lowest BCUT2D eigenvalue weighted by molar-refractivity contribution is -0.106. The smallest absolute Gasteiger partial charge is 0.139 e. The van der Waals surface area contributed by atoms with Crippen LogP contribution in [0, 0.1) is 5.82 Å². The van der Waals surface area contributed by atoms with Crippen molar-refractivity contribution in [2.45, 2.75) is 12.5 Å². The van der Waals surface area contributed by atoms with Crippen molar-refractivity contribution in [1.82, 2.24) is 0 Å². The van der Waals surface area contributed by atoms with Gasteiger partial charge in [-0.05, 0) is 30.2 Å². The molecule has 80 valence electrons. The van der Waals surface area contributed by atoms with E-state index >= 15 is 0 Å². The van der Waals surface area contributed by atoms with Crippen LogP contribution >= 0.6 is 0 Å². The molecule has 0 bridgehead atoms. The maximum absolute atomic E-state index is 12.9. The highest BCUT2D eigenvalue weighted by molar-refractivity contribution is 5.67. The molecule has 0 radical (unpaired) electrons. The molecule has 0 fully saturated rings. The Morgan fingerprint density at radius 2 is 2.33 bits per heavy atom. The Morgan fingerprint density at radius 1 is 1.53 bits per heavy atom. The molecule has 2 nitrogen and oxygen atoms in total. The summed E-state index contributed by atoms with van der Waals surface area (Å²) in [5.74, 6) is -0.320. The molecule has 2 rings (SSSR count). The minimum absolute atomic E-state index is 0.160. The van der Waals surface area contributed by atoms with Crippen LogP contribution in [-0.2, 0) is 11.2 Å². The van der Waals surface area contributed by atoms with Crippen LogP contribution in [0.15, 0.2) is 18.2 Å². The van der Waals surface area contributed by atoms with E-state index in [9.17, 15) is 13.6 Å². The predicted octanol–water partition coefficient (Wildman–Crippen LogP) is 1.73. The van der Waals surface area contributed by atoms with Gasteiger partial charge in [-0.2, -0.15) is 0 Å². The SMILES string of the molecule is O=CCN1c2ccc(F)cc2C[C@@H]1CF. The van der Waals surface area contributed by atoms with E-state index in [0.717, 1.165) is 17.5 Å². The van der Waals surface area contributed by atoms with Gasteiger partial charge in [-0.3, -0.25) is 0 Å². The molecule has 1 heterocycles. The summed E-state index contributed by atoms with van der Waals surface area (Å²) in [6.07, 6.45) is 1.21. The molecule has 0 saturated heterocycles. The van der Waals surface area contributed by atoms with Gasteiger partial charge in [0.25, 0.3) is 0 Å². The van der Waals surface area contributed by atoms with Crippen LogP contribution in [0.5, 0.6) is 0 Å². The van der Waals surface area contributed by atoms with Crippen LogP contribution in [0.1, 0.15) is 5.56 Å². The second-order valence-electron chi connectivity index (χ2n) is 3.60. The fraction of sp³-hybridized carbons (Fsp3) is 0.364. The summed E-state index contributed by atoms with van der Waals surface area (Å²) >= 11 is 0. The normalized spacial score (nSPS) is 19.1. The summed E-state index contributed by atoms with van der Waals surface area (Å²) in [6.45, 7) is -0.364. The van der Waals surface area contributed by atoms with Crippen molar-refractivity contribution in [3.63, 3.8) is 0 Å². The van der Waals surface area contributed by atoms with E-state index in [4.69, 9.17) is 0 Å². The third-order valence-corrected chi connectivity index (χ3v) is 2.70. The molecule has 1 aliphatic heterocycles. The molecular weight excluding hydrogens is 200 g/mol. The number of nitrogens with zero attached hydrogens (tertiary/aromatic N) is 1. The first-order chi connectivity index (χ1) is 7.26. The molecule has 1 aromatic rings. The van der Waals surface area contributed by atoms with E-state index in [1.165, 1.54) is 12.1 Å². The third kappa shape index (κ3) is 1.71. The number of hydrogen-bond donors (Lipinski definition) is 0. The van der Waals surface area contributed by atoms with Crippen LogP contribution < -0.4 is 4.90 Å². The molecule has 1 aromatic carbocycles. The molecule has 0 aromatic heterocycles. The van der Waals surface area contributed by atoms with Gasteiger partial charge < -0.3 is 9.69 Å². The van der Waals surface area contributed by atoms with Crippen molar-refractivity contribution < 1.29 is 13.6 Å². The average molecular weight is 211 g/mol. The Hall–Kier alpha value is -1.45. The van der Waals surface area contributed by atoms with Gasteiger partial charge in [-0.25, -0.2) is 8.78 Å². The lowest BCUT2D eigenvalue weighted by atomic mass is 10.1. The summed E-state index contributed by atoms with van der Waals surface area (Å²) in [4.78, 5) is 12.1. The number of rotatable bonds is 3. The number of aldehydes is 1. The Bertz CT molecular complexity index is 381. The standard InChI is InChI=1S/C11H11F2NO/c12-7-10-6-8-5-9(13)1-2-11(8)14(10)3-4-15/h1-2,4-5,10H,3,6-7H2/t10-/m1/s1. The summed E-state index contributed by atoms with van der Waals surface area (Å²) in [6, 6.07) is 4.01. The van der Waals surface area contributed by atoms with Crippen molar-refractivity contribution in [2.75, 3.05) is 18.1 Å². The minimum atomic E-state index is -0.524. The molecule has 0 N–H and O–H groups in total. The summed E-state index contributed by atoms with van der Waals surface area (Å²) in [5, 5.41) is 0. The number of benzene rings is 1. The molecule has 0 saturated carbocycles. The number of carbonyl (C=O) groups excluding carboxylic acids is 1. The van der Waals surface area contributed by atoms with Crippen LogP contribution in [0.25, 0.3) is 0 Å². The number of halogens is 2. The van der Waals surface area contributed by atoms with Gasteiger partial charge in [-0.1, -0.05) is 0 Å². The lowest BCUT2D eigenvalue weighted by Crippen LogP contribution is -2.35. The average Bonchev–Trinajstić information content (AvgIpc) is 2.56. The quantitative estimate of drug-likeness (QED) is 0.709. The topological polar surface area (TPSA) is 20.3 Å². The summed E-state index contributed by atoms with van der Waals surface area (Å²) in [7, 11) is 0. The molecule has 1 aliphatic rings. The van der Waals surface area contributed by atoms with Crippen LogP contribution in [-0.4, -0.2) is 25.5 Å². The number of alkyl halides is 1. The molecule has 0 spiro atoms. The molecular formula is C11H11F2NO. The molecule has 0 amide bonds. The summed E-state index contributed by atoms with van der Waals surface area (Å²) < 4.78 is 25.6. The predicted molar refractivity (Wildman–Crippen MR) is 53.3 cm³/mol. The highest BCUT2D eigenvalue weighted by Crippen LogP contribution is 2.32. The highest BCUT2D eigenvalue weighted by Gasteiger charge is 2.28. The summed E-state index contributed by atoms with van der Waals surface area (Å²) in [5.41, 5.74) is 1.55. The zero-order valence-electron chi connectivity index (χ0n) is 8.12. The van der Waals surface area contributed by atoms with Gasteiger partial charge in [0.15, 0.2) is 0 Å². The lowest BCUT2D eigenvalue weighted by Gasteiger charge is -2.22. The molecule has 0 unspecified atom stereocenters. The minimum Gasteiger partial charge on any atom is -0.358 e. The Balaban J connectivity index is 2.35. The monoisotopic (exact) mass is 211 g/mol. The second-order valence-corrected chi connectivity index (χ2v) is 3.60. The van der Waals surface area contributed by atoms with E-state index in [1.807, 2.05) is 0 Å². The van der Waals surface area contributed by atoms with E-state index < -0.39 is 6.67 Å². The van der Waals surface area contributed by atoms with E-state index in [2.05, 4.69) is 0 Å². The van der Waals surface area contributed by atoms with Crippen molar-refractivity contribution in [3.8, 4) is 0 Å². The molecule has 0 aliphatic carbocycles. The first kappa shape index (κ1) is 10.1. The van der Waals surface area contributed by atoms with Crippen LogP contribution in [0.4, 0.5) is 14.5 Å². The van der Waals surface area contributed by atoms with E-state index in [1.54, 1.807) is 11.0 Å². The van der Waals surface area contributed by atoms with Crippen molar-refractivity contribution >= 4 is 12.0 Å². The Kier molecular flexibility index (Phi) is 2.66.